The van der Waals surface area contributed by atoms with Crippen LogP contribution in [0.15, 0.2) is 30.3 Å². The lowest BCUT2D eigenvalue weighted by molar-refractivity contribution is -0.139. The molecule has 0 N–H and O–H groups in total. The van der Waals surface area contributed by atoms with E-state index in [0.29, 0.717) is 12.5 Å². The molecule has 1 aromatic rings. The number of benzene rings is 1. The van der Waals surface area contributed by atoms with Crippen LogP contribution in [-0.2, 0) is 9.53 Å². The van der Waals surface area contributed by atoms with Crippen LogP contribution in [-0.4, -0.2) is 19.2 Å². The number of carbonyl (C=O) groups excluding carboxylic acids is 1. The maximum Gasteiger partial charge on any atom is 0.330 e. The Hall–Kier alpha value is -1.77. The number of unbranched alkanes of at least 4 members (excludes halogenated alkanes) is 2. The normalized spacial score (nSPS) is 12.3. The highest BCUT2D eigenvalue weighted by Gasteiger charge is 2.08. The summed E-state index contributed by atoms with van der Waals surface area (Å²) in [6.07, 6.45) is 10.0. The number of hydrogen-bond donors (Lipinski definition) is 0. The minimum absolute atomic E-state index is 0.270. The number of carbonyl (C=O) groups is 1. The SMILES string of the molecule is CCCCOc1ccc(/C=C/C(=O)OCC(CC)CCCC)cc1. The molecule has 0 saturated carbocycles. The van der Waals surface area contributed by atoms with Gasteiger partial charge in [0.2, 0.25) is 0 Å². The molecule has 134 valence electrons. The van der Waals surface area contributed by atoms with Crippen molar-refractivity contribution in [2.24, 2.45) is 5.92 Å². The molecule has 1 atom stereocenters. The summed E-state index contributed by atoms with van der Waals surface area (Å²) in [6.45, 7) is 7.73. The topological polar surface area (TPSA) is 35.5 Å². The van der Waals surface area contributed by atoms with Crippen LogP contribution >= 0.6 is 0 Å². The summed E-state index contributed by atoms with van der Waals surface area (Å²) in [7, 11) is 0. The van der Waals surface area contributed by atoms with Crippen LogP contribution < -0.4 is 4.74 Å². The van der Waals surface area contributed by atoms with Gasteiger partial charge in [0.15, 0.2) is 0 Å². The van der Waals surface area contributed by atoms with Gasteiger partial charge < -0.3 is 9.47 Å². The fourth-order valence-corrected chi connectivity index (χ4v) is 2.32. The van der Waals surface area contributed by atoms with Gasteiger partial charge in [-0.25, -0.2) is 4.79 Å². The van der Waals surface area contributed by atoms with Crippen LogP contribution in [0.25, 0.3) is 6.08 Å². The van der Waals surface area contributed by atoms with Gasteiger partial charge in [-0.3, -0.25) is 0 Å². The van der Waals surface area contributed by atoms with Gasteiger partial charge in [-0.05, 0) is 42.5 Å². The third kappa shape index (κ3) is 8.76. The fourth-order valence-electron chi connectivity index (χ4n) is 2.32. The summed E-state index contributed by atoms with van der Waals surface area (Å²) < 4.78 is 11.0. The maximum absolute atomic E-state index is 11.8. The zero-order chi connectivity index (χ0) is 17.6. The Balaban J connectivity index is 2.37. The van der Waals surface area contributed by atoms with Crippen LogP contribution in [0, 0.1) is 5.92 Å². The Morgan fingerprint density at radius 1 is 1.08 bits per heavy atom. The maximum atomic E-state index is 11.8. The van der Waals surface area contributed by atoms with Crippen molar-refractivity contribution >= 4 is 12.0 Å². The lowest BCUT2D eigenvalue weighted by atomic mass is 10.0. The minimum Gasteiger partial charge on any atom is -0.494 e. The van der Waals surface area contributed by atoms with E-state index in [2.05, 4.69) is 20.8 Å². The molecule has 1 unspecified atom stereocenters. The molecule has 3 nitrogen and oxygen atoms in total. The average molecular weight is 332 g/mol. The monoisotopic (exact) mass is 332 g/mol. The van der Waals surface area contributed by atoms with Gasteiger partial charge in [0.05, 0.1) is 13.2 Å². The molecule has 0 amide bonds. The second kappa shape index (κ2) is 12.6. The van der Waals surface area contributed by atoms with Crippen LogP contribution in [0.2, 0.25) is 0 Å². The van der Waals surface area contributed by atoms with Gasteiger partial charge in [-0.2, -0.15) is 0 Å². The minimum atomic E-state index is -0.270. The first-order valence-corrected chi connectivity index (χ1v) is 9.27. The lowest BCUT2D eigenvalue weighted by Crippen LogP contribution is -2.12. The van der Waals surface area contributed by atoms with Gasteiger partial charge >= 0.3 is 5.97 Å². The molecule has 1 aromatic carbocycles. The fraction of sp³-hybridized carbons (Fsp3) is 0.571. The molecule has 24 heavy (non-hydrogen) atoms. The summed E-state index contributed by atoms with van der Waals surface area (Å²) in [5.74, 6) is 1.07. The van der Waals surface area contributed by atoms with Crippen molar-refractivity contribution in [3.63, 3.8) is 0 Å². The first-order valence-electron chi connectivity index (χ1n) is 9.27. The highest BCUT2D eigenvalue weighted by Crippen LogP contribution is 2.15. The van der Waals surface area contributed by atoms with Crippen LogP contribution in [0.4, 0.5) is 0 Å². The van der Waals surface area contributed by atoms with Crippen molar-refractivity contribution in [2.45, 2.75) is 59.3 Å². The Labute approximate surface area is 147 Å². The molecule has 0 aliphatic heterocycles. The molecular weight excluding hydrogens is 300 g/mol. The number of rotatable bonds is 12. The molecule has 0 fully saturated rings. The van der Waals surface area contributed by atoms with E-state index in [-0.39, 0.29) is 5.97 Å². The van der Waals surface area contributed by atoms with Crippen molar-refractivity contribution in [1.29, 1.82) is 0 Å². The Bertz CT molecular complexity index is 476. The molecule has 0 aromatic heterocycles. The summed E-state index contributed by atoms with van der Waals surface area (Å²) in [5, 5.41) is 0. The van der Waals surface area contributed by atoms with E-state index in [9.17, 15) is 4.79 Å². The molecule has 0 spiro atoms. The number of esters is 1. The zero-order valence-corrected chi connectivity index (χ0v) is 15.4. The molecular formula is C21H32O3. The van der Waals surface area contributed by atoms with E-state index in [1.54, 1.807) is 6.08 Å². The second-order valence-corrected chi connectivity index (χ2v) is 6.15. The first-order chi connectivity index (χ1) is 11.7. The smallest absolute Gasteiger partial charge is 0.330 e. The summed E-state index contributed by atoms with van der Waals surface area (Å²) >= 11 is 0. The van der Waals surface area contributed by atoms with Crippen molar-refractivity contribution in [2.75, 3.05) is 13.2 Å². The van der Waals surface area contributed by atoms with Gasteiger partial charge in [-0.1, -0.05) is 58.6 Å². The summed E-state index contributed by atoms with van der Waals surface area (Å²) in [5.41, 5.74) is 0.966. The highest BCUT2D eigenvalue weighted by atomic mass is 16.5. The van der Waals surface area contributed by atoms with E-state index in [0.717, 1.165) is 43.6 Å². The molecule has 0 aliphatic carbocycles. The lowest BCUT2D eigenvalue weighted by Gasteiger charge is -2.13. The standard InChI is InChI=1S/C21H32O3/c1-4-7-9-18(6-3)17-24-21(22)15-12-19-10-13-20(14-11-19)23-16-8-5-2/h10-15,18H,4-9,16-17H2,1-3H3/b15-12+. The molecule has 0 bridgehead atoms. The van der Waals surface area contributed by atoms with Crippen molar-refractivity contribution in [3.05, 3.63) is 35.9 Å². The third-order valence-electron chi connectivity index (χ3n) is 4.06. The Morgan fingerprint density at radius 3 is 2.42 bits per heavy atom. The van der Waals surface area contributed by atoms with Crippen molar-refractivity contribution in [3.8, 4) is 5.75 Å². The van der Waals surface area contributed by atoms with Crippen molar-refractivity contribution in [1.82, 2.24) is 0 Å². The Kier molecular flexibility index (Phi) is 10.7. The largest absolute Gasteiger partial charge is 0.494 e. The van der Waals surface area contributed by atoms with E-state index in [1.165, 1.54) is 18.9 Å². The van der Waals surface area contributed by atoms with Crippen LogP contribution in [0.3, 0.4) is 0 Å². The zero-order valence-electron chi connectivity index (χ0n) is 15.4. The molecule has 0 saturated heterocycles. The van der Waals surface area contributed by atoms with Gasteiger partial charge in [0.25, 0.3) is 0 Å². The van der Waals surface area contributed by atoms with Crippen molar-refractivity contribution < 1.29 is 14.3 Å². The number of ether oxygens (including phenoxy) is 2. The van der Waals surface area contributed by atoms with Crippen LogP contribution in [0.5, 0.6) is 5.75 Å². The second-order valence-electron chi connectivity index (χ2n) is 6.15. The van der Waals surface area contributed by atoms with E-state index in [1.807, 2.05) is 24.3 Å². The quantitative estimate of drug-likeness (QED) is 0.282. The predicted octanol–water partition coefficient (Wildman–Crippen LogP) is 5.64. The first kappa shape index (κ1) is 20.3. The molecule has 0 aliphatic rings. The molecule has 0 heterocycles. The molecule has 3 heteroatoms. The molecule has 1 rings (SSSR count). The average Bonchev–Trinajstić information content (AvgIpc) is 2.61. The third-order valence-corrected chi connectivity index (χ3v) is 4.06. The van der Waals surface area contributed by atoms with E-state index >= 15 is 0 Å². The Morgan fingerprint density at radius 2 is 1.79 bits per heavy atom. The molecule has 0 radical (unpaired) electrons. The van der Waals surface area contributed by atoms with Gasteiger partial charge in [-0.15, -0.1) is 0 Å². The van der Waals surface area contributed by atoms with E-state index < -0.39 is 0 Å². The van der Waals surface area contributed by atoms with Gasteiger partial charge in [0, 0.05) is 6.08 Å². The van der Waals surface area contributed by atoms with Crippen LogP contribution in [0.1, 0.15) is 64.9 Å². The highest BCUT2D eigenvalue weighted by molar-refractivity contribution is 5.87. The number of hydrogen-bond acceptors (Lipinski definition) is 3. The van der Waals surface area contributed by atoms with Gasteiger partial charge in [0.1, 0.15) is 5.75 Å². The predicted molar refractivity (Wildman–Crippen MR) is 100 cm³/mol. The summed E-state index contributed by atoms with van der Waals surface area (Å²) in [6, 6.07) is 7.75. The summed E-state index contributed by atoms with van der Waals surface area (Å²) in [4.78, 5) is 11.8. The van der Waals surface area contributed by atoms with E-state index in [4.69, 9.17) is 9.47 Å².